The third-order valence-electron chi connectivity index (χ3n) is 5.18. The highest BCUT2D eigenvalue weighted by atomic mass is 35.5. The number of fused-ring (bicyclic) bond motifs is 5. The minimum absolute atomic E-state index is 0. The first-order valence-electron chi connectivity index (χ1n) is 9.05. The largest absolute Gasteiger partial charge is 0.302 e. The van der Waals surface area contributed by atoms with Gasteiger partial charge >= 0.3 is 0 Å². The molecule has 0 spiro atoms. The van der Waals surface area contributed by atoms with Gasteiger partial charge in [0.1, 0.15) is 5.00 Å². The molecule has 3 aliphatic heterocycles. The molecule has 27 heavy (non-hydrogen) atoms. The number of anilines is 2. The number of benzene rings is 1. The van der Waals surface area contributed by atoms with Crippen molar-refractivity contribution in [3.63, 3.8) is 0 Å². The topological polar surface area (TPSA) is 35.9 Å². The van der Waals surface area contributed by atoms with Crippen LogP contribution in [0.25, 0.3) is 0 Å². The Morgan fingerprint density at radius 2 is 1.96 bits per heavy atom. The fourth-order valence-electron chi connectivity index (χ4n) is 3.94. The van der Waals surface area contributed by atoms with Crippen LogP contribution in [0.1, 0.15) is 41.1 Å². The molecule has 0 unspecified atom stereocenters. The molecule has 1 aromatic carbocycles. The van der Waals surface area contributed by atoms with E-state index >= 15 is 0 Å². The molecule has 0 N–H and O–H groups in total. The zero-order valence-corrected chi connectivity index (χ0v) is 17.8. The van der Waals surface area contributed by atoms with Gasteiger partial charge in [0.2, 0.25) is 5.96 Å². The number of halogens is 1. The summed E-state index contributed by atoms with van der Waals surface area (Å²) in [4.78, 5) is 23.8. The number of guanidine groups is 1. The molecule has 0 bridgehead atoms. The SMILES string of the molecule is CC1(C)Cc2c(sc3c2C(=O)N(c2ccccc2)C2=NCCCN23)CS1.Cl. The molecule has 1 aromatic heterocycles. The molecule has 3 aliphatic rings. The number of amides is 1. The molecule has 4 heterocycles. The summed E-state index contributed by atoms with van der Waals surface area (Å²) in [6.45, 7) is 6.27. The number of carbonyl (C=O) groups excluding carboxylic acids is 1. The van der Waals surface area contributed by atoms with Gasteiger partial charge in [-0.05, 0) is 30.5 Å². The Kier molecular flexibility index (Phi) is 4.77. The monoisotopic (exact) mass is 419 g/mol. The summed E-state index contributed by atoms with van der Waals surface area (Å²) < 4.78 is 0.177. The maximum atomic E-state index is 13.6. The predicted molar refractivity (Wildman–Crippen MR) is 118 cm³/mol. The van der Waals surface area contributed by atoms with Gasteiger partial charge in [-0.2, -0.15) is 0 Å². The maximum absolute atomic E-state index is 13.6. The van der Waals surface area contributed by atoms with Crippen molar-refractivity contribution in [3.05, 3.63) is 46.3 Å². The second kappa shape index (κ2) is 6.83. The number of rotatable bonds is 1. The van der Waals surface area contributed by atoms with Gasteiger partial charge in [-0.3, -0.25) is 9.79 Å². The van der Waals surface area contributed by atoms with Crippen molar-refractivity contribution in [2.75, 3.05) is 22.9 Å². The molecule has 0 saturated heterocycles. The lowest BCUT2D eigenvalue weighted by atomic mass is 9.96. The number of aliphatic imine (C=N–C) groups is 1. The first kappa shape index (κ1) is 18.8. The zero-order valence-electron chi connectivity index (χ0n) is 15.4. The summed E-state index contributed by atoms with van der Waals surface area (Å²) in [6, 6.07) is 9.94. The Bertz CT molecular complexity index is 923. The van der Waals surface area contributed by atoms with Crippen molar-refractivity contribution >= 4 is 58.1 Å². The second-order valence-electron chi connectivity index (χ2n) is 7.57. The molecule has 1 amide bonds. The summed E-state index contributed by atoms with van der Waals surface area (Å²) in [7, 11) is 0. The molecule has 0 atom stereocenters. The molecule has 0 aliphatic carbocycles. The minimum atomic E-state index is 0. The Balaban J connectivity index is 0.00000180. The smallest absolute Gasteiger partial charge is 0.268 e. The number of hydrogen-bond acceptors (Lipinski definition) is 5. The van der Waals surface area contributed by atoms with Gasteiger partial charge in [-0.1, -0.05) is 32.0 Å². The fourth-order valence-corrected chi connectivity index (χ4v) is 6.42. The second-order valence-corrected chi connectivity index (χ2v) is 10.3. The van der Waals surface area contributed by atoms with Crippen LogP contribution in [-0.4, -0.2) is 29.7 Å². The highest BCUT2D eigenvalue weighted by molar-refractivity contribution is 8.00. The lowest BCUT2D eigenvalue weighted by molar-refractivity contribution is 0.0999. The van der Waals surface area contributed by atoms with E-state index in [1.165, 1.54) is 10.4 Å². The Morgan fingerprint density at radius 3 is 2.74 bits per heavy atom. The predicted octanol–water partition coefficient (Wildman–Crippen LogP) is 4.96. The van der Waals surface area contributed by atoms with Gasteiger partial charge in [-0.15, -0.1) is 35.5 Å². The minimum Gasteiger partial charge on any atom is -0.302 e. The van der Waals surface area contributed by atoms with E-state index in [1.807, 2.05) is 47.0 Å². The van der Waals surface area contributed by atoms with E-state index in [2.05, 4.69) is 18.7 Å². The van der Waals surface area contributed by atoms with E-state index in [4.69, 9.17) is 4.99 Å². The number of thioether (sulfide) groups is 1. The van der Waals surface area contributed by atoms with Crippen LogP contribution in [0.3, 0.4) is 0 Å². The van der Waals surface area contributed by atoms with Crippen LogP contribution < -0.4 is 9.80 Å². The van der Waals surface area contributed by atoms with E-state index < -0.39 is 0 Å². The van der Waals surface area contributed by atoms with Gasteiger partial charge in [0, 0.05) is 28.5 Å². The zero-order chi connectivity index (χ0) is 17.9. The molecule has 2 aromatic rings. The molecule has 4 nitrogen and oxygen atoms in total. The molecule has 0 fully saturated rings. The van der Waals surface area contributed by atoms with Crippen LogP contribution >= 0.6 is 35.5 Å². The molecule has 0 radical (unpaired) electrons. The summed E-state index contributed by atoms with van der Waals surface area (Å²) in [5.41, 5.74) is 3.09. The summed E-state index contributed by atoms with van der Waals surface area (Å²) in [6.07, 6.45) is 1.98. The maximum Gasteiger partial charge on any atom is 0.268 e. The van der Waals surface area contributed by atoms with Crippen molar-refractivity contribution < 1.29 is 4.79 Å². The van der Waals surface area contributed by atoms with Crippen LogP contribution in [0, 0.1) is 0 Å². The Hall–Kier alpha value is -1.50. The average molecular weight is 420 g/mol. The van der Waals surface area contributed by atoms with Crippen molar-refractivity contribution in [1.82, 2.24) is 0 Å². The molecule has 142 valence electrons. The molecular weight excluding hydrogens is 398 g/mol. The van der Waals surface area contributed by atoms with Gasteiger partial charge in [0.25, 0.3) is 5.91 Å². The average Bonchev–Trinajstić information content (AvgIpc) is 3.01. The van der Waals surface area contributed by atoms with E-state index in [0.29, 0.717) is 0 Å². The van der Waals surface area contributed by atoms with Gasteiger partial charge in [0.15, 0.2) is 0 Å². The number of para-hydroxylation sites is 1. The van der Waals surface area contributed by atoms with Crippen LogP contribution in [0.2, 0.25) is 0 Å². The van der Waals surface area contributed by atoms with Crippen molar-refractivity contribution in [2.24, 2.45) is 4.99 Å². The third kappa shape index (κ3) is 2.98. The number of carbonyl (C=O) groups is 1. The van der Waals surface area contributed by atoms with Crippen LogP contribution in [-0.2, 0) is 12.2 Å². The number of nitrogens with zero attached hydrogens (tertiary/aromatic N) is 3. The molecule has 0 saturated carbocycles. The van der Waals surface area contributed by atoms with Crippen molar-refractivity contribution in [1.29, 1.82) is 0 Å². The standard InChI is InChI=1S/C20H21N3OS2.ClH/c1-20(2)11-14-15(12-25-20)26-18-16(14)17(24)23(13-7-4-3-5-8-13)19-21-9-6-10-22(18)19;/h3-5,7-8H,6,9-12H2,1-2H3;1H. The van der Waals surface area contributed by atoms with Crippen LogP contribution in [0.15, 0.2) is 35.3 Å². The summed E-state index contributed by atoms with van der Waals surface area (Å²) >= 11 is 3.79. The molecule has 5 rings (SSSR count). The summed E-state index contributed by atoms with van der Waals surface area (Å²) in [5, 5.41) is 1.11. The fraction of sp³-hybridized carbons (Fsp3) is 0.400. The van der Waals surface area contributed by atoms with Crippen LogP contribution in [0.4, 0.5) is 10.7 Å². The van der Waals surface area contributed by atoms with Gasteiger partial charge in [0.05, 0.1) is 11.3 Å². The van der Waals surface area contributed by atoms with E-state index in [1.54, 1.807) is 11.3 Å². The number of thiophene rings is 1. The van der Waals surface area contributed by atoms with E-state index in [9.17, 15) is 4.79 Å². The van der Waals surface area contributed by atoms with Crippen molar-refractivity contribution in [3.8, 4) is 0 Å². The van der Waals surface area contributed by atoms with Gasteiger partial charge < -0.3 is 4.90 Å². The first-order valence-corrected chi connectivity index (χ1v) is 10.9. The Labute approximate surface area is 174 Å². The van der Waals surface area contributed by atoms with E-state index in [-0.39, 0.29) is 23.1 Å². The molecule has 7 heteroatoms. The van der Waals surface area contributed by atoms with Gasteiger partial charge in [-0.25, -0.2) is 4.90 Å². The van der Waals surface area contributed by atoms with Crippen LogP contribution in [0.5, 0.6) is 0 Å². The quantitative estimate of drug-likeness (QED) is 0.655. The molecular formula is C20H22ClN3OS2. The summed E-state index contributed by atoms with van der Waals surface area (Å²) in [5.74, 6) is 1.88. The highest BCUT2D eigenvalue weighted by Gasteiger charge is 2.43. The highest BCUT2D eigenvalue weighted by Crippen LogP contribution is 2.49. The lowest BCUT2D eigenvalue weighted by Crippen LogP contribution is -2.54. The lowest BCUT2D eigenvalue weighted by Gasteiger charge is -2.39. The van der Waals surface area contributed by atoms with E-state index in [0.717, 1.165) is 53.9 Å². The first-order chi connectivity index (χ1) is 12.6. The van der Waals surface area contributed by atoms with Crippen molar-refractivity contribution in [2.45, 2.75) is 37.2 Å². The normalized spacial score (nSPS) is 20.2. The third-order valence-corrected chi connectivity index (χ3v) is 7.98. The number of hydrogen-bond donors (Lipinski definition) is 0. The Morgan fingerprint density at radius 1 is 1.19 bits per heavy atom.